The number of aromatic nitrogens is 2. The van der Waals surface area contributed by atoms with E-state index in [-0.39, 0.29) is 24.2 Å². The summed E-state index contributed by atoms with van der Waals surface area (Å²) in [6.45, 7) is 4.58. The zero-order chi connectivity index (χ0) is 14.8. The molecular formula is C12H18N4O3S. The maximum absolute atomic E-state index is 12.5. The number of hydrogen-bond acceptors (Lipinski definition) is 5. The van der Waals surface area contributed by atoms with Gasteiger partial charge in [0.25, 0.3) is 10.0 Å². The van der Waals surface area contributed by atoms with Crippen molar-refractivity contribution < 1.29 is 13.2 Å². The molecule has 1 aliphatic rings. The van der Waals surface area contributed by atoms with Crippen LogP contribution >= 0.6 is 0 Å². The third-order valence-electron chi connectivity index (χ3n) is 3.48. The van der Waals surface area contributed by atoms with Crippen LogP contribution in [0.5, 0.6) is 0 Å². The molecule has 110 valence electrons. The molecule has 0 radical (unpaired) electrons. The van der Waals surface area contributed by atoms with Crippen LogP contribution < -0.4 is 0 Å². The summed E-state index contributed by atoms with van der Waals surface area (Å²) >= 11 is 0. The van der Waals surface area contributed by atoms with E-state index in [1.807, 2.05) is 19.9 Å². The van der Waals surface area contributed by atoms with Crippen molar-refractivity contribution in [2.75, 3.05) is 19.8 Å². The molecule has 0 N–H and O–H groups in total. The second-order valence-electron chi connectivity index (χ2n) is 4.75. The Hall–Kier alpha value is -1.43. The van der Waals surface area contributed by atoms with E-state index in [2.05, 4.69) is 4.98 Å². The normalized spacial score (nSPS) is 22.4. The van der Waals surface area contributed by atoms with Gasteiger partial charge in [0, 0.05) is 18.8 Å². The van der Waals surface area contributed by atoms with Crippen molar-refractivity contribution in [3.8, 4) is 6.07 Å². The molecule has 1 aromatic rings. The highest BCUT2D eigenvalue weighted by Crippen LogP contribution is 2.20. The third kappa shape index (κ3) is 2.70. The number of sulfonamides is 1. The van der Waals surface area contributed by atoms with Crippen LogP contribution in [-0.4, -0.2) is 48.1 Å². The fourth-order valence-corrected chi connectivity index (χ4v) is 3.43. The van der Waals surface area contributed by atoms with Gasteiger partial charge in [-0.3, -0.25) is 0 Å². The summed E-state index contributed by atoms with van der Waals surface area (Å²) in [5, 5.41) is 9.03. The monoisotopic (exact) mass is 298 g/mol. The molecular weight excluding hydrogens is 280 g/mol. The first-order valence-electron chi connectivity index (χ1n) is 6.53. The first kappa shape index (κ1) is 15.0. The standard InChI is InChI=1S/C12H18N4O3S/c1-3-10(2)15-7-12(14-9-15)20(17,18)16-4-5-19-8-11(16)6-13/h7,9-11H,3-5,8H2,1-2H3/t10-,11+/m1/s1. The Bertz CT molecular complexity index is 604. The lowest BCUT2D eigenvalue weighted by atomic mass is 10.3. The fourth-order valence-electron chi connectivity index (χ4n) is 2.00. The van der Waals surface area contributed by atoms with Crippen molar-refractivity contribution in [3.05, 3.63) is 12.5 Å². The lowest BCUT2D eigenvalue weighted by Gasteiger charge is -2.29. The predicted molar refractivity (Wildman–Crippen MR) is 71.3 cm³/mol. The predicted octanol–water partition coefficient (Wildman–Crippen LogP) is 0.767. The minimum Gasteiger partial charge on any atom is -0.377 e. The van der Waals surface area contributed by atoms with Crippen LogP contribution in [0.4, 0.5) is 0 Å². The molecule has 20 heavy (non-hydrogen) atoms. The van der Waals surface area contributed by atoms with Gasteiger partial charge in [-0.25, -0.2) is 13.4 Å². The SMILES string of the molecule is CC[C@@H](C)n1cnc(S(=O)(=O)N2CCOC[C@@H]2C#N)c1. The molecule has 2 rings (SSSR count). The summed E-state index contributed by atoms with van der Waals surface area (Å²) in [5.41, 5.74) is 0. The molecule has 1 aliphatic heterocycles. The van der Waals surface area contributed by atoms with Crippen LogP contribution in [0, 0.1) is 11.3 Å². The molecule has 7 nitrogen and oxygen atoms in total. The molecule has 1 fully saturated rings. The summed E-state index contributed by atoms with van der Waals surface area (Å²) in [7, 11) is -3.75. The lowest BCUT2D eigenvalue weighted by molar-refractivity contribution is 0.0510. The van der Waals surface area contributed by atoms with Crippen molar-refractivity contribution >= 4 is 10.0 Å². The molecule has 0 amide bonds. The Balaban J connectivity index is 2.30. The van der Waals surface area contributed by atoms with E-state index in [9.17, 15) is 8.42 Å². The highest BCUT2D eigenvalue weighted by molar-refractivity contribution is 7.89. The molecule has 0 unspecified atom stereocenters. The molecule has 0 saturated carbocycles. The van der Waals surface area contributed by atoms with E-state index in [4.69, 9.17) is 10.00 Å². The van der Waals surface area contributed by atoms with E-state index >= 15 is 0 Å². The maximum Gasteiger partial charge on any atom is 0.263 e. The highest BCUT2D eigenvalue weighted by atomic mass is 32.2. The van der Waals surface area contributed by atoms with Gasteiger partial charge in [-0.15, -0.1) is 0 Å². The molecule has 0 aliphatic carbocycles. The zero-order valence-corrected chi connectivity index (χ0v) is 12.4. The molecule has 0 spiro atoms. The van der Waals surface area contributed by atoms with Crippen molar-refractivity contribution in [2.24, 2.45) is 0 Å². The number of imidazole rings is 1. The van der Waals surface area contributed by atoms with Gasteiger partial charge in [0.15, 0.2) is 5.03 Å². The van der Waals surface area contributed by atoms with E-state index < -0.39 is 16.1 Å². The number of rotatable bonds is 4. The summed E-state index contributed by atoms with van der Waals surface area (Å²) in [6, 6.07) is 1.35. The van der Waals surface area contributed by atoms with Crippen LogP contribution in [0.15, 0.2) is 17.6 Å². The van der Waals surface area contributed by atoms with Gasteiger partial charge < -0.3 is 9.30 Å². The van der Waals surface area contributed by atoms with Crippen LogP contribution in [-0.2, 0) is 14.8 Å². The number of ether oxygens (including phenoxy) is 1. The molecule has 2 heterocycles. The van der Waals surface area contributed by atoms with E-state index in [1.165, 1.54) is 16.8 Å². The quantitative estimate of drug-likeness (QED) is 0.819. The number of hydrogen-bond donors (Lipinski definition) is 0. The minimum atomic E-state index is -3.75. The highest BCUT2D eigenvalue weighted by Gasteiger charge is 2.35. The molecule has 1 aromatic heterocycles. The number of nitrogens with zero attached hydrogens (tertiary/aromatic N) is 4. The average Bonchev–Trinajstić information content (AvgIpc) is 2.97. The molecule has 8 heteroatoms. The molecule has 0 aromatic carbocycles. The van der Waals surface area contributed by atoms with Gasteiger partial charge >= 0.3 is 0 Å². The van der Waals surface area contributed by atoms with Crippen molar-refractivity contribution in [1.29, 1.82) is 5.26 Å². The largest absolute Gasteiger partial charge is 0.377 e. The second-order valence-corrected chi connectivity index (χ2v) is 6.59. The first-order valence-corrected chi connectivity index (χ1v) is 7.97. The summed E-state index contributed by atoms with van der Waals surface area (Å²) in [5.74, 6) is 0. The summed E-state index contributed by atoms with van der Waals surface area (Å²) in [4.78, 5) is 3.98. The number of nitriles is 1. The Morgan fingerprint density at radius 3 is 3.05 bits per heavy atom. The Morgan fingerprint density at radius 1 is 1.65 bits per heavy atom. The van der Waals surface area contributed by atoms with Gasteiger partial charge in [-0.1, -0.05) is 6.92 Å². The van der Waals surface area contributed by atoms with Crippen LogP contribution in [0.2, 0.25) is 0 Å². The Labute approximate surface area is 118 Å². The second kappa shape index (κ2) is 5.91. The van der Waals surface area contributed by atoms with Gasteiger partial charge in [0.05, 0.1) is 25.6 Å². The Morgan fingerprint density at radius 2 is 2.40 bits per heavy atom. The van der Waals surface area contributed by atoms with Gasteiger partial charge in [-0.05, 0) is 13.3 Å². The average molecular weight is 298 g/mol. The first-order chi connectivity index (χ1) is 9.50. The van der Waals surface area contributed by atoms with Crippen molar-refractivity contribution in [2.45, 2.75) is 37.4 Å². The Kier molecular flexibility index (Phi) is 4.42. The van der Waals surface area contributed by atoms with E-state index in [0.29, 0.717) is 6.61 Å². The summed E-state index contributed by atoms with van der Waals surface area (Å²) < 4.78 is 33.1. The molecule has 2 atom stereocenters. The maximum atomic E-state index is 12.5. The summed E-state index contributed by atoms with van der Waals surface area (Å²) in [6.07, 6.45) is 3.92. The molecule has 0 bridgehead atoms. The van der Waals surface area contributed by atoms with Crippen LogP contribution in [0.3, 0.4) is 0 Å². The van der Waals surface area contributed by atoms with Gasteiger partial charge in [0.2, 0.25) is 0 Å². The topological polar surface area (TPSA) is 88.2 Å². The lowest BCUT2D eigenvalue weighted by Crippen LogP contribution is -2.47. The minimum absolute atomic E-state index is 0.0139. The van der Waals surface area contributed by atoms with Crippen molar-refractivity contribution in [1.82, 2.24) is 13.9 Å². The smallest absolute Gasteiger partial charge is 0.263 e. The zero-order valence-electron chi connectivity index (χ0n) is 11.6. The van der Waals surface area contributed by atoms with Gasteiger partial charge in [-0.2, -0.15) is 9.57 Å². The van der Waals surface area contributed by atoms with Gasteiger partial charge in [0.1, 0.15) is 6.04 Å². The van der Waals surface area contributed by atoms with Crippen LogP contribution in [0.25, 0.3) is 0 Å². The van der Waals surface area contributed by atoms with E-state index in [0.717, 1.165) is 6.42 Å². The van der Waals surface area contributed by atoms with E-state index in [1.54, 1.807) is 4.57 Å². The fraction of sp³-hybridized carbons (Fsp3) is 0.667. The van der Waals surface area contributed by atoms with Crippen molar-refractivity contribution in [3.63, 3.8) is 0 Å². The third-order valence-corrected chi connectivity index (χ3v) is 5.27. The number of morpholine rings is 1. The van der Waals surface area contributed by atoms with Crippen LogP contribution in [0.1, 0.15) is 26.3 Å². The molecule has 1 saturated heterocycles.